The zero-order chi connectivity index (χ0) is 38.7. The SMILES string of the molecule is Cc1cncc(C#Cc2ncc(-c3ccc(F)c(C(N)=O)c3)c([C@@H](CC(=O)Cn3nc(C(F)(F)F)c4c3C(F)(F)[C@@H]3C[C@H]43)Cc3cc(F)cc(F)c3)n2)c1. The van der Waals surface area contributed by atoms with Gasteiger partial charge in [-0.25, -0.2) is 23.1 Å². The molecule has 1 saturated carbocycles. The van der Waals surface area contributed by atoms with Crippen LogP contribution in [0.5, 0.6) is 0 Å². The molecule has 0 unspecified atom stereocenters. The summed E-state index contributed by atoms with van der Waals surface area (Å²) in [5.74, 6) is -6.46. The fourth-order valence-corrected chi connectivity index (χ4v) is 7.00. The van der Waals surface area contributed by atoms with Gasteiger partial charge in [0, 0.05) is 59.6 Å². The summed E-state index contributed by atoms with van der Waals surface area (Å²) in [6.07, 6.45) is -1.76. The number of amides is 1. The highest BCUT2D eigenvalue weighted by Gasteiger charge is 2.68. The van der Waals surface area contributed by atoms with E-state index in [-0.39, 0.29) is 41.1 Å². The zero-order valence-electron chi connectivity index (χ0n) is 28.0. The van der Waals surface area contributed by atoms with E-state index in [1.54, 1.807) is 19.2 Å². The summed E-state index contributed by atoms with van der Waals surface area (Å²) < 4.78 is 116. The quantitative estimate of drug-likeness (QED) is 0.126. The first-order chi connectivity index (χ1) is 25.5. The molecular formula is C38H26F8N6O2. The van der Waals surface area contributed by atoms with Gasteiger partial charge in [-0.2, -0.15) is 27.1 Å². The van der Waals surface area contributed by atoms with Crippen molar-refractivity contribution in [1.82, 2.24) is 24.7 Å². The highest BCUT2D eigenvalue weighted by molar-refractivity contribution is 5.94. The molecule has 0 aliphatic heterocycles. The molecular weight excluding hydrogens is 724 g/mol. The number of aromatic nitrogens is 5. The lowest BCUT2D eigenvalue weighted by Gasteiger charge is -2.21. The number of carbonyl (C=O) groups excluding carboxylic acids is 2. The number of hydrogen-bond acceptors (Lipinski definition) is 6. The number of nitrogens with zero attached hydrogens (tertiary/aromatic N) is 5. The van der Waals surface area contributed by atoms with Crippen molar-refractivity contribution in [3.05, 3.63) is 129 Å². The molecule has 0 spiro atoms. The van der Waals surface area contributed by atoms with Gasteiger partial charge in [0.05, 0.1) is 11.3 Å². The van der Waals surface area contributed by atoms with E-state index in [0.29, 0.717) is 16.3 Å². The Labute approximate surface area is 301 Å². The maximum atomic E-state index is 15.3. The third-order valence-corrected chi connectivity index (χ3v) is 9.35. The molecule has 7 rings (SSSR count). The highest BCUT2D eigenvalue weighted by atomic mass is 19.4. The van der Waals surface area contributed by atoms with Gasteiger partial charge in [-0.15, -0.1) is 0 Å². The summed E-state index contributed by atoms with van der Waals surface area (Å²) in [5.41, 5.74) is 3.41. The number of fused-ring (bicyclic) bond motifs is 3. The molecule has 1 amide bonds. The highest BCUT2D eigenvalue weighted by Crippen LogP contribution is 2.68. The summed E-state index contributed by atoms with van der Waals surface area (Å²) in [4.78, 5) is 38.8. The van der Waals surface area contributed by atoms with Gasteiger partial charge in [-0.05, 0) is 78.6 Å². The zero-order valence-corrected chi connectivity index (χ0v) is 28.0. The van der Waals surface area contributed by atoms with E-state index in [4.69, 9.17) is 5.73 Å². The van der Waals surface area contributed by atoms with Crippen molar-refractivity contribution in [2.45, 2.75) is 56.7 Å². The maximum absolute atomic E-state index is 15.3. The van der Waals surface area contributed by atoms with Crippen molar-refractivity contribution in [1.29, 1.82) is 0 Å². The first kappa shape index (κ1) is 36.4. The maximum Gasteiger partial charge on any atom is 0.435 e. The Hall–Kier alpha value is -5.98. The molecule has 3 heterocycles. The number of benzene rings is 2. The molecule has 2 N–H and O–H groups in total. The summed E-state index contributed by atoms with van der Waals surface area (Å²) in [5, 5.41) is 3.44. The number of Topliss-reactive ketones (excluding diaryl/α,β-unsaturated/α-hetero) is 1. The Morgan fingerprint density at radius 3 is 2.44 bits per heavy atom. The lowest BCUT2D eigenvalue weighted by atomic mass is 9.87. The van der Waals surface area contributed by atoms with Crippen LogP contribution in [0.3, 0.4) is 0 Å². The van der Waals surface area contributed by atoms with Crippen molar-refractivity contribution >= 4 is 11.7 Å². The van der Waals surface area contributed by atoms with E-state index in [1.165, 1.54) is 18.5 Å². The van der Waals surface area contributed by atoms with Crippen LogP contribution in [0.25, 0.3) is 11.1 Å². The third kappa shape index (κ3) is 7.05. The molecule has 3 aromatic heterocycles. The lowest BCUT2D eigenvalue weighted by Crippen LogP contribution is -2.24. The summed E-state index contributed by atoms with van der Waals surface area (Å²) in [7, 11) is 0. The molecule has 0 saturated heterocycles. The van der Waals surface area contributed by atoms with Crippen molar-refractivity contribution in [2.24, 2.45) is 11.7 Å². The van der Waals surface area contributed by atoms with Crippen molar-refractivity contribution in [3.8, 4) is 23.0 Å². The number of alkyl halides is 5. The minimum absolute atomic E-state index is 0.00460. The van der Waals surface area contributed by atoms with E-state index < -0.39 is 94.5 Å². The molecule has 0 bridgehead atoms. The van der Waals surface area contributed by atoms with Gasteiger partial charge in [0.25, 0.3) is 11.8 Å². The monoisotopic (exact) mass is 750 g/mol. The number of carbonyl (C=O) groups is 2. The van der Waals surface area contributed by atoms with Gasteiger partial charge in [-0.3, -0.25) is 19.3 Å². The second-order valence-corrected chi connectivity index (χ2v) is 13.3. The largest absolute Gasteiger partial charge is 0.435 e. The smallest absolute Gasteiger partial charge is 0.366 e. The molecule has 54 heavy (non-hydrogen) atoms. The van der Waals surface area contributed by atoms with Crippen molar-refractivity contribution in [3.63, 3.8) is 0 Å². The minimum atomic E-state index is -5.06. The lowest BCUT2D eigenvalue weighted by molar-refractivity contribution is -0.142. The number of pyridine rings is 1. The predicted octanol–water partition coefficient (Wildman–Crippen LogP) is 7.17. The Kier molecular flexibility index (Phi) is 9.07. The Morgan fingerprint density at radius 1 is 1.02 bits per heavy atom. The summed E-state index contributed by atoms with van der Waals surface area (Å²) in [6.45, 7) is 0.810. The van der Waals surface area contributed by atoms with Gasteiger partial charge in [0.1, 0.15) is 29.7 Å². The van der Waals surface area contributed by atoms with Gasteiger partial charge in [-0.1, -0.05) is 12.0 Å². The normalized spacial score (nSPS) is 17.3. The van der Waals surface area contributed by atoms with Gasteiger partial charge in [0.2, 0.25) is 5.82 Å². The topological polar surface area (TPSA) is 117 Å². The standard InChI is InChI=1S/C38H26F8N6O2/c1-18-6-19(15-48-14-18)2-5-31-49-16-28(21-3-4-30(41)27(11-21)36(47)54)33(50-31)22(7-20-8-23(39)12-24(40)9-20)10-25(53)17-52-35-32(34(51-52)38(44,45)46)26-13-29(26)37(35,42)43/h3-4,6,8-9,11-12,14-16,22,26,29H,7,10,13,17H2,1H3,(H2,47,54)/t22-,26+,29-/m1/s1. The predicted molar refractivity (Wildman–Crippen MR) is 175 cm³/mol. The minimum Gasteiger partial charge on any atom is -0.366 e. The molecule has 16 heteroatoms. The third-order valence-electron chi connectivity index (χ3n) is 9.35. The van der Waals surface area contributed by atoms with Crippen LogP contribution in [0.4, 0.5) is 35.1 Å². The van der Waals surface area contributed by atoms with Crippen LogP contribution < -0.4 is 5.73 Å². The van der Waals surface area contributed by atoms with Crippen LogP contribution in [0.1, 0.15) is 80.2 Å². The molecule has 5 aromatic rings. The van der Waals surface area contributed by atoms with E-state index >= 15 is 8.78 Å². The molecule has 2 aliphatic carbocycles. The average Bonchev–Trinajstić information content (AvgIpc) is 3.74. The average molecular weight is 751 g/mol. The molecule has 2 aromatic carbocycles. The molecule has 276 valence electrons. The molecule has 3 atom stereocenters. The van der Waals surface area contributed by atoms with Crippen LogP contribution in [0.2, 0.25) is 0 Å². The van der Waals surface area contributed by atoms with Crippen molar-refractivity contribution < 1.29 is 44.7 Å². The Morgan fingerprint density at radius 2 is 1.76 bits per heavy atom. The molecule has 2 aliphatic rings. The van der Waals surface area contributed by atoms with Crippen LogP contribution in [-0.2, 0) is 29.9 Å². The number of halogens is 8. The van der Waals surface area contributed by atoms with Gasteiger partial charge in [0.15, 0.2) is 11.5 Å². The fraction of sp³-hybridized carbons (Fsp3) is 0.263. The van der Waals surface area contributed by atoms with Gasteiger partial charge >= 0.3 is 6.18 Å². The van der Waals surface area contributed by atoms with Crippen LogP contribution >= 0.6 is 0 Å². The van der Waals surface area contributed by atoms with E-state index in [0.717, 1.165) is 29.8 Å². The van der Waals surface area contributed by atoms with Crippen LogP contribution in [0, 0.1) is 42.1 Å². The van der Waals surface area contributed by atoms with E-state index in [2.05, 4.69) is 31.9 Å². The molecule has 8 nitrogen and oxygen atoms in total. The number of ketones is 1. The number of aryl methyl sites for hydroxylation is 1. The van der Waals surface area contributed by atoms with E-state index in [9.17, 15) is 35.9 Å². The Balaban J connectivity index is 1.34. The number of rotatable bonds is 9. The summed E-state index contributed by atoms with van der Waals surface area (Å²) >= 11 is 0. The van der Waals surface area contributed by atoms with Gasteiger partial charge < -0.3 is 5.73 Å². The van der Waals surface area contributed by atoms with E-state index in [1.807, 2.05) is 0 Å². The van der Waals surface area contributed by atoms with Crippen LogP contribution in [-0.4, -0.2) is 36.4 Å². The number of nitrogens with two attached hydrogens (primary N) is 1. The number of primary amides is 1. The number of hydrogen-bond donors (Lipinski definition) is 1. The van der Waals surface area contributed by atoms with Crippen molar-refractivity contribution in [2.75, 3.05) is 0 Å². The second kappa shape index (κ2) is 13.5. The molecule has 0 radical (unpaired) electrons. The fourth-order valence-electron chi connectivity index (χ4n) is 7.00. The summed E-state index contributed by atoms with van der Waals surface area (Å²) in [6, 6.07) is 7.71. The Bertz CT molecular complexity index is 2390. The first-order valence-corrected chi connectivity index (χ1v) is 16.4. The first-order valence-electron chi connectivity index (χ1n) is 16.4. The molecule has 1 fully saturated rings. The second-order valence-electron chi connectivity index (χ2n) is 13.3. The van der Waals surface area contributed by atoms with Crippen LogP contribution in [0.15, 0.2) is 61.1 Å².